The van der Waals surface area contributed by atoms with Crippen LogP contribution >= 0.6 is 0 Å². The summed E-state index contributed by atoms with van der Waals surface area (Å²) in [6.07, 6.45) is 3.99. The lowest BCUT2D eigenvalue weighted by Gasteiger charge is -2.42. The Labute approximate surface area is 170 Å². The molecular weight excluding hydrogens is 368 g/mol. The Hall–Kier alpha value is -2.67. The molecule has 4 rings (SSSR count). The van der Waals surface area contributed by atoms with Gasteiger partial charge in [0.05, 0.1) is 12.2 Å². The summed E-state index contributed by atoms with van der Waals surface area (Å²) in [6.45, 7) is 4.91. The van der Waals surface area contributed by atoms with Crippen molar-refractivity contribution in [2.75, 3.05) is 13.1 Å². The van der Waals surface area contributed by atoms with Gasteiger partial charge in [-0.2, -0.15) is 5.10 Å². The number of carbonyl (C=O) groups excluding carboxylic acids is 1. The highest BCUT2D eigenvalue weighted by Crippen LogP contribution is 2.33. The predicted molar refractivity (Wildman–Crippen MR) is 109 cm³/mol. The summed E-state index contributed by atoms with van der Waals surface area (Å²) in [6, 6.07) is 10.1. The molecular formula is C22H28N4O3. The Balaban J connectivity index is 1.34. The monoisotopic (exact) mass is 396 g/mol. The summed E-state index contributed by atoms with van der Waals surface area (Å²) in [4.78, 5) is 25.9. The lowest BCUT2D eigenvalue weighted by Crippen LogP contribution is -2.55. The minimum absolute atomic E-state index is 0.0767. The maximum absolute atomic E-state index is 12.6. The number of benzene rings is 1. The summed E-state index contributed by atoms with van der Waals surface area (Å²) in [5.41, 5.74) is 3.42. The highest BCUT2D eigenvalue weighted by atomic mass is 16.4. The summed E-state index contributed by atoms with van der Waals surface area (Å²) in [5, 5.41) is 16.7. The largest absolute Gasteiger partial charge is 0.480 e. The highest BCUT2D eigenvalue weighted by Gasteiger charge is 2.38. The molecule has 2 N–H and O–H groups in total. The third-order valence-corrected chi connectivity index (χ3v) is 5.89. The van der Waals surface area contributed by atoms with E-state index in [1.165, 1.54) is 18.4 Å². The standard InChI is InChI=1S/C22H28N4O3/c1-14-3-7-18(8-4-14)26-15(2)9-20(24-26)22(29)23-17-10-19(11-17)25(13-21(27)28)12-16-5-6-16/h3-4,7-9,16-17,19H,5-6,10-13H2,1-2H3,(H,23,29)(H,27,28). The van der Waals surface area contributed by atoms with Gasteiger partial charge >= 0.3 is 5.97 Å². The number of hydrogen-bond donors (Lipinski definition) is 2. The van der Waals surface area contributed by atoms with Crippen LogP contribution < -0.4 is 5.32 Å². The molecule has 154 valence electrons. The predicted octanol–water partition coefficient (Wildman–Crippen LogP) is 2.55. The SMILES string of the molecule is Cc1ccc(-n2nc(C(=O)NC3CC(N(CC(=O)O)CC4CC4)C3)cc2C)cc1. The van der Waals surface area contributed by atoms with Gasteiger partial charge in [-0.25, -0.2) is 4.68 Å². The Bertz CT molecular complexity index is 895. The van der Waals surface area contributed by atoms with Gasteiger partial charge in [0.25, 0.3) is 5.91 Å². The normalized spacial score (nSPS) is 21.1. The molecule has 0 aliphatic heterocycles. The second kappa shape index (κ2) is 7.99. The van der Waals surface area contributed by atoms with Gasteiger partial charge in [0.2, 0.25) is 0 Å². The van der Waals surface area contributed by atoms with Crippen molar-refractivity contribution in [2.24, 2.45) is 5.92 Å². The second-order valence-electron chi connectivity index (χ2n) is 8.48. The Kier molecular flexibility index (Phi) is 5.41. The molecule has 2 saturated carbocycles. The molecule has 0 bridgehead atoms. The molecule has 7 nitrogen and oxygen atoms in total. The molecule has 1 amide bonds. The fourth-order valence-corrected chi connectivity index (χ4v) is 3.94. The Morgan fingerprint density at radius 1 is 1.21 bits per heavy atom. The van der Waals surface area contributed by atoms with Crippen molar-refractivity contribution in [3.63, 3.8) is 0 Å². The maximum Gasteiger partial charge on any atom is 0.317 e. The van der Waals surface area contributed by atoms with Crippen LogP contribution in [0.4, 0.5) is 0 Å². The minimum Gasteiger partial charge on any atom is -0.480 e. The van der Waals surface area contributed by atoms with Crippen LogP contribution in [0.15, 0.2) is 30.3 Å². The van der Waals surface area contributed by atoms with E-state index in [9.17, 15) is 9.59 Å². The molecule has 7 heteroatoms. The summed E-state index contributed by atoms with van der Waals surface area (Å²) < 4.78 is 1.78. The van der Waals surface area contributed by atoms with E-state index in [0.717, 1.165) is 30.8 Å². The number of aliphatic carboxylic acids is 1. The van der Waals surface area contributed by atoms with E-state index >= 15 is 0 Å². The van der Waals surface area contributed by atoms with Gasteiger partial charge in [0.15, 0.2) is 5.69 Å². The topological polar surface area (TPSA) is 87.5 Å². The van der Waals surface area contributed by atoms with Crippen LogP contribution in [0.5, 0.6) is 0 Å². The number of rotatable bonds is 8. The van der Waals surface area contributed by atoms with E-state index in [1.807, 2.05) is 38.1 Å². The molecule has 1 aromatic carbocycles. The number of nitrogens with one attached hydrogen (secondary N) is 1. The lowest BCUT2D eigenvalue weighted by atomic mass is 9.85. The van der Waals surface area contributed by atoms with Crippen molar-refractivity contribution in [3.05, 3.63) is 47.3 Å². The zero-order valence-corrected chi connectivity index (χ0v) is 17.0. The average molecular weight is 396 g/mol. The minimum atomic E-state index is -0.782. The van der Waals surface area contributed by atoms with E-state index in [-0.39, 0.29) is 24.5 Å². The van der Waals surface area contributed by atoms with Crippen LogP contribution in [0, 0.1) is 19.8 Å². The van der Waals surface area contributed by atoms with Crippen molar-refractivity contribution < 1.29 is 14.7 Å². The van der Waals surface area contributed by atoms with Crippen LogP contribution in [-0.2, 0) is 4.79 Å². The van der Waals surface area contributed by atoms with Gasteiger partial charge in [0.1, 0.15) is 0 Å². The summed E-state index contributed by atoms with van der Waals surface area (Å²) in [7, 11) is 0. The van der Waals surface area contributed by atoms with E-state index in [2.05, 4.69) is 15.3 Å². The molecule has 29 heavy (non-hydrogen) atoms. The third kappa shape index (κ3) is 4.67. The first kappa shape index (κ1) is 19.6. The van der Waals surface area contributed by atoms with Gasteiger partial charge in [-0.3, -0.25) is 14.5 Å². The molecule has 1 aromatic heterocycles. The number of carboxylic acids is 1. The van der Waals surface area contributed by atoms with Gasteiger partial charge in [-0.05, 0) is 63.6 Å². The van der Waals surface area contributed by atoms with Crippen LogP contribution in [0.3, 0.4) is 0 Å². The van der Waals surface area contributed by atoms with E-state index < -0.39 is 5.97 Å². The molecule has 2 aliphatic carbocycles. The quantitative estimate of drug-likeness (QED) is 0.716. The van der Waals surface area contributed by atoms with E-state index in [0.29, 0.717) is 11.6 Å². The van der Waals surface area contributed by atoms with Crippen molar-refractivity contribution in [1.29, 1.82) is 0 Å². The number of aromatic nitrogens is 2. The average Bonchev–Trinajstić information content (AvgIpc) is 3.36. The van der Waals surface area contributed by atoms with Crippen LogP contribution in [-0.4, -0.2) is 56.8 Å². The first-order valence-corrected chi connectivity index (χ1v) is 10.3. The van der Waals surface area contributed by atoms with Crippen molar-refractivity contribution in [3.8, 4) is 5.69 Å². The maximum atomic E-state index is 12.6. The van der Waals surface area contributed by atoms with E-state index in [4.69, 9.17) is 5.11 Å². The number of hydrogen-bond acceptors (Lipinski definition) is 4. The Morgan fingerprint density at radius 3 is 2.52 bits per heavy atom. The van der Waals surface area contributed by atoms with E-state index in [1.54, 1.807) is 10.7 Å². The fraction of sp³-hybridized carbons (Fsp3) is 0.500. The smallest absolute Gasteiger partial charge is 0.317 e. The zero-order valence-electron chi connectivity index (χ0n) is 17.0. The molecule has 0 spiro atoms. The van der Waals surface area contributed by atoms with Crippen LogP contribution in [0.1, 0.15) is 47.4 Å². The van der Waals surface area contributed by atoms with Crippen molar-refractivity contribution >= 4 is 11.9 Å². The van der Waals surface area contributed by atoms with Gasteiger partial charge in [0, 0.05) is 24.3 Å². The highest BCUT2D eigenvalue weighted by molar-refractivity contribution is 5.92. The van der Waals surface area contributed by atoms with Gasteiger partial charge < -0.3 is 10.4 Å². The third-order valence-electron chi connectivity index (χ3n) is 5.89. The first-order chi connectivity index (χ1) is 13.9. The molecule has 0 saturated heterocycles. The van der Waals surface area contributed by atoms with Crippen molar-refractivity contribution in [2.45, 2.75) is 51.6 Å². The number of aryl methyl sites for hydroxylation is 2. The number of amides is 1. The van der Waals surface area contributed by atoms with Crippen molar-refractivity contribution in [1.82, 2.24) is 20.0 Å². The number of carbonyl (C=O) groups is 2. The molecule has 0 atom stereocenters. The Morgan fingerprint density at radius 2 is 1.90 bits per heavy atom. The molecule has 2 fully saturated rings. The molecule has 0 unspecified atom stereocenters. The molecule has 0 radical (unpaired) electrons. The van der Waals surface area contributed by atoms with Crippen LogP contribution in [0.2, 0.25) is 0 Å². The summed E-state index contributed by atoms with van der Waals surface area (Å²) >= 11 is 0. The molecule has 2 aliphatic rings. The molecule has 1 heterocycles. The lowest BCUT2D eigenvalue weighted by molar-refractivity contribution is -0.139. The summed E-state index contributed by atoms with van der Waals surface area (Å²) in [5.74, 6) is -0.304. The zero-order chi connectivity index (χ0) is 20.5. The fourth-order valence-electron chi connectivity index (χ4n) is 3.94. The number of nitrogens with zero attached hydrogens (tertiary/aromatic N) is 3. The van der Waals surface area contributed by atoms with Gasteiger partial charge in [-0.15, -0.1) is 0 Å². The molecule has 2 aromatic rings. The van der Waals surface area contributed by atoms with Crippen LogP contribution in [0.25, 0.3) is 5.69 Å². The van der Waals surface area contributed by atoms with Gasteiger partial charge in [-0.1, -0.05) is 17.7 Å². The number of carboxylic acid groups (broad SMARTS) is 1. The second-order valence-corrected chi connectivity index (χ2v) is 8.48. The first-order valence-electron chi connectivity index (χ1n) is 10.3.